The summed E-state index contributed by atoms with van der Waals surface area (Å²) in [4.78, 5) is 29.0. The number of nitrogens with one attached hydrogen (secondary N) is 1. The van der Waals surface area contributed by atoms with E-state index in [9.17, 15) is 9.59 Å². The van der Waals surface area contributed by atoms with Crippen molar-refractivity contribution >= 4 is 56.6 Å². The first kappa shape index (κ1) is 21.5. The Bertz CT molecular complexity index is 1100. The van der Waals surface area contributed by atoms with Gasteiger partial charge in [0.25, 0.3) is 5.91 Å². The van der Waals surface area contributed by atoms with Crippen molar-refractivity contribution in [2.24, 2.45) is 0 Å². The summed E-state index contributed by atoms with van der Waals surface area (Å²) in [5.41, 5.74) is 4.29. The molecule has 0 bridgehead atoms. The van der Waals surface area contributed by atoms with Crippen LogP contribution in [0.3, 0.4) is 0 Å². The van der Waals surface area contributed by atoms with E-state index in [2.05, 4.69) is 21.2 Å². The molecule has 0 radical (unpaired) electrons. The van der Waals surface area contributed by atoms with Crippen LogP contribution in [-0.4, -0.2) is 31.7 Å². The van der Waals surface area contributed by atoms with Crippen LogP contribution in [0.15, 0.2) is 77.3 Å². The van der Waals surface area contributed by atoms with Gasteiger partial charge in [-0.05, 0) is 60.2 Å². The van der Waals surface area contributed by atoms with Gasteiger partial charge in [-0.15, -0.1) is 11.8 Å². The fourth-order valence-electron chi connectivity index (χ4n) is 3.43. The lowest BCUT2D eigenvalue weighted by Gasteiger charge is -2.25. The first-order valence-electron chi connectivity index (χ1n) is 9.80. The van der Waals surface area contributed by atoms with Crippen LogP contribution in [0.5, 0.6) is 0 Å². The lowest BCUT2D eigenvalue weighted by atomic mass is 10.1. The van der Waals surface area contributed by atoms with E-state index in [1.807, 2.05) is 84.6 Å². The molecule has 3 aromatic carbocycles. The monoisotopic (exact) mass is 495 g/mol. The molecule has 0 aliphatic carbocycles. The van der Waals surface area contributed by atoms with Gasteiger partial charge in [-0.1, -0.05) is 34.1 Å². The Morgan fingerprint density at radius 1 is 1.06 bits per heavy atom. The van der Waals surface area contributed by atoms with Gasteiger partial charge >= 0.3 is 0 Å². The maximum atomic E-state index is 12.6. The maximum absolute atomic E-state index is 12.6. The molecule has 1 aliphatic rings. The molecule has 1 atom stereocenters. The standard InChI is InChI=1S/C24H22BrN3O2S/c1-27(2)20-10-12-21(13-11-20)28-22(29)15-31-24(28)16-6-8-19(9-7-16)26-23(30)17-4-3-5-18(25)14-17/h3-14,24H,15H2,1-2H3,(H,26,30)/t24-/m0/s1. The van der Waals surface area contributed by atoms with E-state index >= 15 is 0 Å². The molecule has 1 N–H and O–H groups in total. The number of rotatable bonds is 5. The van der Waals surface area contributed by atoms with E-state index in [1.54, 1.807) is 23.9 Å². The third-order valence-corrected chi connectivity index (χ3v) is 6.76. The number of halogens is 1. The molecule has 0 spiro atoms. The zero-order valence-corrected chi connectivity index (χ0v) is 19.6. The van der Waals surface area contributed by atoms with E-state index in [0.717, 1.165) is 21.4 Å². The lowest BCUT2D eigenvalue weighted by Crippen LogP contribution is -2.27. The largest absolute Gasteiger partial charge is 0.378 e. The molecule has 31 heavy (non-hydrogen) atoms. The van der Waals surface area contributed by atoms with Crippen LogP contribution in [0, 0.1) is 0 Å². The molecule has 1 saturated heterocycles. The van der Waals surface area contributed by atoms with Gasteiger partial charge in [0, 0.05) is 41.2 Å². The first-order chi connectivity index (χ1) is 14.9. The number of amides is 2. The van der Waals surface area contributed by atoms with Gasteiger partial charge in [-0.2, -0.15) is 0 Å². The Balaban J connectivity index is 1.51. The Morgan fingerprint density at radius 2 is 1.77 bits per heavy atom. The van der Waals surface area contributed by atoms with Crippen LogP contribution in [0.1, 0.15) is 21.3 Å². The molecule has 1 fully saturated rings. The summed E-state index contributed by atoms with van der Waals surface area (Å²) in [5.74, 6) is 0.378. The summed E-state index contributed by atoms with van der Waals surface area (Å²) in [6, 6.07) is 23.0. The molecular weight excluding hydrogens is 474 g/mol. The number of anilines is 3. The van der Waals surface area contributed by atoms with Crippen molar-refractivity contribution in [1.29, 1.82) is 0 Å². The molecule has 0 saturated carbocycles. The van der Waals surface area contributed by atoms with Crippen molar-refractivity contribution in [1.82, 2.24) is 0 Å². The predicted octanol–water partition coefficient (Wildman–Crippen LogP) is 5.55. The van der Waals surface area contributed by atoms with Crippen molar-refractivity contribution in [2.75, 3.05) is 35.0 Å². The molecule has 0 unspecified atom stereocenters. The van der Waals surface area contributed by atoms with Crippen molar-refractivity contribution in [3.05, 3.63) is 88.4 Å². The molecule has 158 valence electrons. The Labute approximate surface area is 194 Å². The molecule has 0 aromatic heterocycles. The van der Waals surface area contributed by atoms with Crippen LogP contribution in [0.4, 0.5) is 17.1 Å². The average molecular weight is 496 g/mol. The minimum Gasteiger partial charge on any atom is -0.378 e. The third-order valence-electron chi connectivity index (χ3n) is 5.05. The van der Waals surface area contributed by atoms with Gasteiger partial charge in [-0.25, -0.2) is 0 Å². The first-order valence-corrected chi connectivity index (χ1v) is 11.6. The highest BCUT2D eigenvalue weighted by Crippen LogP contribution is 2.42. The summed E-state index contributed by atoms with van der Waals surface area (Å²) >= 11 is 5.00. The predicted molar refractivity (Wildman–Crippen MR) is 132 cm³/mol. The zero-order valence-electron chi connectivity index (χ0n) is 17.2. The smallest absolute Gasteiger partial charge is 0.255 e. The highest BCUT2D eigenvalue weighted by atomic mass is 79.9. The van der Waals surface area contributed by atoms with Crippen LogP contribution >= 0.6 is 27.7 Å². The zero-order chi connectivity index (χ0) is 22.0. The van der Waals surface area contributed by atoms with Gasteiger partial charge in [0.15, 0.2) is 0 Å². The van der Waals surface area contributed by atoms with E-state index < -0.39 is 0 Å². The number of benzene rings is 3. The Kier molecular flexibility index (Phi) is 6.34. The van der Waals surface area contributed by atoms with Gasteiger partial charge in [-0.3, -0.25) is 14.5 Å². The molecular formula is C24H22BrN3O2S. The fourth-order valence-corrected chi connectivity index (χ4v) is 5.00. The minimum absolute atomic E-state index is 0.0902. The second kappa shape index (κ2) is 9.16. The summed E-state index contributed by atoms with van der Waals surface area (Å²) in [6.45, 7) is 0. The molecule has 4 rings (SSSR count). The lowest BCUT2D eigenvalue weighted by molar-refractivity contribution is -0.115. The van der Waals surface area contributed by atoms with E-state index in [1.165, 1.54) is 0 Å². The molecule has 1 heterocycles. The summed E-state index contributed by atoms with van der Waals surface area (Å²) in [6.07, 6.45) is 0. The number of hydrogen-bond acceptors (Lipinski definition) is 4. The number of hydrogen-bond donors (Lipinski definition) is 1. The van der Waals surface area contributed by atoms with E-state index in [0.29, 0.717) is 17.0 Å². The van der Waals surface area contributed by atoms with Crippen LogP contribution in [-0.2, 0) is 4.79 Å². The minimum atomic E-state index is -0.165. The molecule has 1 aliphatic heterocycles. The third kappa shape index (κ3) is 4.78. The van der Waals surface area contributed by atoms with E-state index in [4.69, 9.17) is 0 Å². The van der Waals surface area contributed by atoms with E-state index in [-0.39, 0.29) is 17.2 Å². The van der Waals surface area contributed by atoms with Crippen LogP contribution < -0.4 is 15.1 Å². The van der Waals surface area contributed by atoms with Gasteiger partial charge in [0.1, 0.15) is 5.37 Å². The van der Waals surface area contributed by atoms with Crippen molar-refractivity contribution in [3.8, 4) is 0 Å². The summed E-state index contributed by atoms with van der Waals surface area (Å²) in [5, 5.41) is 2.83. The van der Waals surface area contributed by atoms with Crippen molar-refractivity contribution < 1.29 is 9.59 Å². The molecule has 5 nitrogen and oxygen atoms in total. The normalized spacial score (nSPS) is 15.8. The highest BCUT2D eigenvalue weighted by molar-refractivity contribution is 9.10. The van der Waals surface area contributed by atoms with Gasteiger partial charge in [0.05, 0.1) is 5.75 Å². The number of thioether (sulfide) groups is 1. The molecule has 7 heteroatoms. The Morgan fingerprint density at radius 3 is 2.42 bits per heavy atom. The fraction of sp³-hybridized carbons (Fsp3) is 0.167. The van der Waals surface area contributed by atoms with Crippen LogP contribution in [0.2, 0.25) is 0 Å². The SMILES string of the molecule is CN(C)c1ccc(N2C(=O)CS[C@H]2c2ccc(NC(=O)c3cccc(Br)c3)cc2)cc1. The molecule has 2 amide bonds. The summed E-state index contributed by atoms with van der Waals surface area (Å²) in [7, 11) is 3.98. The van der Waals surface area contributed by atoms with Gasteiger partial charge < -0.3 is 10.2 Å². The van der Waals surface area contributed by atoms with Crippen LogP contribution in [0.25, 0.3) is 0 Å². The summed E-state index contributed by atoms with van der Waals surface area (Å²) < 4.78 is 0.858. The number of carbonyl (C=O) groups is 2. The number of nitrogens with zero attached hydrogens (tertiary/aromatic N) is 2. The van der Waals surface area contributed by atoms with Crippen molar-refractivity contribution in [2.45, 2.75) is 5.37 Å². The van der Waals surface area contributed by atoms with Crippen molar-refractivity contribution in [3.63, 3.8) is 0 Å². The molecule has 3 aromatic rings. The van der Waals surface area contributed by atoms with Gasteiger partial charge in [0.2, 0.25) is 5.91 Å². The second-order valence-electron chi connectivity index (χ2n) is 7.42. The topological polar surface area (TPSA) is 52.6 Å². The quantitative estimate of drug-likeness (QED) is 0.504. The maximum Gasteiger partial charge on any atom is 0.255 e. The second-order valence-corrected chi connectivity index (χ2v) is 9.41. The number of carbonyl (C=O) groups excluding carboxylic acids is 2. The highest BCUT2D eigenvalue weighted by Gasteiger charge is 2.34. The average Bonchev–Trinajstić information content (AvgIpc) is 3.15. The Hall–Kier alpha value is -2.77.